The molecule has 0 saturated carbocycles. The molecule has 21 heavy (non-hydrogen) atoms. The minimum Gasteiger partial charge on any atom is -0.496 e. The normalized spacial score (nSPS) is 21.7. The van der Waals surface area contributed by atoms with E-state index in [-0.39, 0.29) is 5.92 Å². The molecular weight excluding hydrogens is 268 g/mol. The first-order valence-electron chi connectivity index (χ1n) is 7.04. The van der Waals surface area contributed by atoms with Gasteiger partial charge in [-0.3, -0.25) is 0 Å². The predicted molar refractivity (Wildman–Crippen MR) is 80.8 cm³/mol. The second-order valence-electron chi connectivity index (χ2n) is 5.43. The number of nitrogens with zero attached hydrogens (tertiary/aromatic N) is 2. The highest BCUT2D eigenvalue weighted by molar-refractivity contribution is 5.97. The standard InChI is InChI=1S/C16H18N2O3/c1-10-7-9-18(14(10)16(19)20)15-12-4-3-5-13(21-2)11(12)6-8-17-15/h3-6,8,10,14H,7,9H2,1-2H3,(H,19,20). The Kier molecular flexibility index (Phi) is 3.41. The van der Waals surface area contributed by atoms with Gasteiger partial charge in [0.1, 0.15) is 17.6 Å². The highest BCUT2D eigenvalue weighted by Crippen LogP contribution is 2.35. The molecule has 3 rings (SSSR count). The van der Waals surface area contributed by atoms with Crippen LogP contribution < -0.4 is 9.64 Å². The van der Waals surface area contributed by atoms with E-state index in [1.165, 1.54) is 0 Å². The van der Waals surface area contributed by atoms with Crippen LogP contribution in [0.5, 0.6) is 5.75 Å². The maximum absolute atomic E-state index is 11.6. The van der Waals surface area contributed by atoms with Gasteiger partial charge in [-0.05, 0) is 24.5 Å². The van der Waals surface area contributed by atoms with Crippen molar-refractivity contribution in [1.82, 2.24) is 4.98 Å². The molecule has 0 aliphatic carbocycles. The van der Waals surface area contributed by atoms with Crippen LogP contribution in [-0.4, -0.2) is 35.8 Å². The number of aromatic nitrogens is 1. The molecule has 0 radical (unpaired) electrons. The number of aliphatic carboxylic acids is 1. The molecular formula is C16H18N2O3. The second-order valence-corrected chi connectivity index (χ2v) is 5.43. The molecule has 1 aliphatic rings. The number of carboxylic acid groups (broad SMARTS) is 1. The number of methoxy groups -OCH3 is 1. The number of carbonyl (C=O) groups is 1. The van der Waals surface area contributed by atoms with E-state index in [2.05, 4.69) is 4.98 Å². The summed E-state index contributed by atoms with van der Waals surface area (Å²) >= 11 is 0. The first-order valence-corrected chi connectivity index (χ1v) is 7.04. The van der Waals surface area contributed by atoms with Crippen LogP contribution in [0.25, 0.3) is 10.8 Å². The van der Waals surface area contributed by atoms with Crippen LogP contribution in [0, 0.1) is 5.92 Å². The summed E-state index contributed by atoms with van der Waals surface area (Å²) in [6.07, 6.45) is 2.57. The molecule has 1 aliphatic heterocycles. The number of benzene rings is 1. The SMILES string of the molecule is COc1cccc2c(N3CCC(C)C3C(=O)O)nccc12. The van der Waals surface area contributed by atoms with Gasteiger partial charge in [0.05, 0.1) is 7.11 Å². The van der Waals surface area contributed by atoms with E-state index >= 15 is 0 Å². The first-order chi connectivity index (χ1) is 10.1. The Hall–Kier alpha value is -2.30. The largest absolute Gasteiger partial charge is 0.496 e. The lowest BCUT2D eigenvalue weighted by molar-refractivity contribution is -0.139. The van der Waals surface area contributed by atoms with Gasteiger partial charge in [-0.15, -0.1) is 0 Å². The maximum Gasteiger partial charge on any atom is 0.326 e. The summed E-state index contributed by atoms with van der Waals surface area (Å²) in [7, 11) is 1.63. The molecule has 110 valence electrons. The minimum atomic E-state index is -0.790. The summed E-state index contributed by atoms with van der Waals surface area (Å²) in [4.78, 5) is 17.9. The van der Waals surface area contributed by atoms with Gasteiger partial charge >= 0.3 is 5.97 Å². The van der Waals surface area contributed by atoms with Gasteiger partial charge < -0.3 is 14.7 Å². The number of anilines is 1. The Morgan fingerprint density at radius 1 is 1.38 bits per heavy atom. The van der Waals surface area contributed by atoms with Crippen molar-refractivity contribution in [2.75, 3.05) is 18.6 Å². The number of hydrogen-bond donors (Lipinski definition) is 1. The Labute approximate surface area is 123 Å². The van der Waals surface area contributed by atoms with Crippen molar-refractivity contribution in [1.29, 1.82) is 0 Å². The lowest BCUT2D eigenvalue weighted by Gasteiger charge is -2.25. The van der Waals surface area contributed by atoms with Gasteiger partial charge in [-0.2, -0.15) is 0 Å². The monoisotopic (exact) mass is 286 g/mol. The predicted octanol–water partition coefficient (Wildman–Crippen LogP) is 2.54. The molecule has 0 bridgehead atoms. The number of hydrogen-bond acceptors (Lipinski definition) is 4. The summed E-state index contributed by atoms with van der Waals surface area (Å²) in [6.45, 7) is 2.69. The Bertz CT molecular complexity index is 686. The summed E-state index contributed by atoms with van der Waals surface area (Å²) in [5, 5.41) is 11.4. The molecule has 0 amide bonds. The van der Waals surface area contributed by atoms with Gasteiger partial charge in [0.25, 0.3) is 0 Å². The fraction of sp³-hybridized carbons (Fsp3) is 0.375. The van der Waals surface area contributed by atoms with Crippen molar-refractivity contribution in [3.63, 3.8) is 0 Å². The first kappa shape index (κ1) is 13.7. The zero-order valence-electron chi connectivity index (χ0n) is 12.1. The summed E-state index contributed by atoms with van der Waals surface area (Å²) in [6, 6.07) is 7.14. The van der Waals surface area contributed by atoms with Gasteiger partial charge in [-0.1, -0.05) is 19.1 Å². The zero-order chi connectivity index (χ0) is 15.0. The number of carboxylic acids is 1. The van der Waals surface area contributed by atoms with Crippen molar-refractivity contribution in [2.24, 2.45) is 5.92 Å². The second kappa shape index (κ2) is 5.24. The van der Waals surface area contributed by atoms with Gasteiger partial charge in [0.2, 0.25) is 0 Å². The van der Waals surface area contributed by atoms with Gasteiger partial charge in [0.15, 0.2) is 0 Å². The molecule has 1 saturated heterocycles. The Balaban J connectivity index is 2.15. The van der Waals surface area contributed by atoms with Crippen molar-refractivity contribution in [2.45, 2.75) is 19.4 Å². The molecule has 5 heteroatoms. The summed E-state index contributed by atoms with van der Waals surface area (Å²) < 4.78 is 5.38. The third-order valence-electron chi connectivity index (χ3n) is 4.19. The summed E-state index contributed by atoms with van der Waals surface area (Å²) in [5.74, 6) is 0.824. The molecule has 2 aromatic rings. The van der Waals surface area contributed by atoms with Crippen LogP contribution in [0.4, 0.5) is 5.82 Å². The van der Waals surface area contributed by atoms with Gasteiger partial charge in [-0.25, -0.2) is 9.78 Å². The van der Waals surface area contributed by atoms with Crippen LogP contribution in [-0.2, 0) is 4.79 Å². The Morgan fingerprint density at radius 3 is 2.90 bits per heavy atom. The van der Waals surface area contributed by atoms with Crippen molar-refractivity contribution < 1.29 is 14.6 Å². The van der Waals surface area contributed by atoms with E-state index < -0.39 is 12.0 Å². The molecule has 1 aromatic heterocycles. The third kappa shape index (κ3) is 2.18. The number of rotatable bonds is 3. The molecule has 0 spiro atoms. The highest BCUT2D eigenvalue weighted by Gasteiger charge is 2.38. The van der Waals surface area contributed by atoms with Gasteiger partial charge in [0, 0.05) is 23.5 Å². The topological polar surface area (TPSA) is 62.7 Å². The van der Waals surface area contributed by atoms with Crippen LogP contribution in [0.3, 0.4) is 0 Å². The van der Waals surface area contributed by atoms with E-state index in [9.17, 15) is 9.90 Å². The number of ether oxygens (including phenoxy) is 1. The molecule has 1 aromatic carbocycles. The lowest BCUT2D eigenvalue weighted by atomic mass is 10.0. The molecule has 1 N–H and O–H groups in total. The van der Waals surface area contributed by atoms with Crippen molar-refractivity contribution >= 4 is 22.6 Å². The van der Waals surface area contributed by atoms with E-state index in [0.29, 0.717) is 6.54 Å². The minimum absolute atomic E-state index is 0.116. The molecule has 2 heterocycles. The smallest absolute Gasteiger partial charge is 0.326 e. The van der Waals surface area contributed by atoms with E-state index in [0.717, 1.165) is 28.8 Å². The quantitative estimate of drug-likeness (QED) is 0.939. The van der Waals surface area contributed by atoms with Crippen molar-refractivity contribution in [3.05, 3.63) is 30.5 Å². The fourth-order valence-electron chi connectivity index (χ4n) is 3.13. The number of pyridine rings is 1. The van der Waals surface area contributed by atoms with E-state index in [1.54, 1.807) is 13.3 Å². The Morgan fingerprint density at radius 2 is 2.19 bits per heavy atom. The molecule has 2 atom stereocenters. The maximum atomic E-state index is 11.6. The highest BCUT2D eigenvalue weighted by atomic mass is 16.5. The molecule has 1 fully saturated rings. The van der Waals surface area contributed by atoms with Crippen LogP contribution in [0.2, 0.25) is 0 Å². The lowest BCUT2D eigenvalue weighted by Crippen LogP contribution is -2.39. The van der Waals surface area contributed by atoms with E-state index in [4.69, 9.17) is 4.74 Å². The average molecular weight is 286 g/mol. The van der Waals surface area contributed by atoms with Crippen LogP contribution in [0.1, 0.15) is 13.3 Å². The fourth-order valence-corrected chi connectivity index (χ4v) is 3.13. The average Bonchev–Trinajstić information content (AvgIpc) is 2.87. The summed E-state index contributed by atoms with van der Waals surface area (Å²) in [5.41, 5.74) is 0. The van der Waals surface area contributed by atoms with E-state index in [1.807, 2.05) is 36.1 Å². The van der Waals surface area contributed by atoms with Crippen LogP contribution in [0.15, 0.2) is 30.5 Å². The zero-order valence-corrected chi connectivity index (χ0v) is 12.1. The molecule has 2 unspecified atom stereocenters. The van der Waals surface area contributed by atoms with Crippen LogP contribution >= 0.6 is 0 Å². The number of fused-ring (bicyclic) bond motifs is 1. The molecule has 5 nitrogen and oxygen atoms in total. The van der Waals surface area contributed by atoms with Crippen molar-refractivity contribution in [3.8, 4) is 5.75 Å². The third-order valence-corrected chi connectivity index (χ3v) is 4.19.